The number of nitrogens with zero attached hydrogens (tertiary/aromatic N) is 1. The van der Waals surface area contributed by atoms with Crippen LogP contribution in [-0.2, 0) is 31.5 Å². The summed E-state index contributed by atoms with van der Waals surface area (Å²) >= 11 is 12.2. The molecule has 32 heavy (non-hydrogen) atoms. The number of halogens is 2. The standard InChI is InChI=1S/C23H19Cl2NO5S/c24-19-9-5-10-20(25)22(19)32(29,30)15-17-7-2-1-6-16(17)11-13-31-21(23(27)28)14-18-8-3-4-12-26-18/h1-10,12,14H,11,13,15H2,(H,27,28). The van der Waals surface area contributed by atoms with Gasteiger partial charge >= 0.3 is 5.97 Å². The van der Waals surface area contributed by atoms with Gasteiger partial charge in [-0.15, -0.1) is 0 Å². The zero-order valence-electron chi connectivity index (χ0n) is 16.7. The minimum atomic E-state index is -3.81. The third-order valence-corrected chi connectivity index (χ3v) is 7.11. The Kier molecular flexibility index (Phi) is 7.90. The van der Waals surface area contributed by atoms with Crippen LogP contribution < -0.4 is 0 Å². The summed E-state index contributed by atoms with van der Waals surface area (Å²) in [6, 6.07) is 16.6. The highest BCUT2D eigenvalue weighted by Gasteiger charge is 2.23. The van der Waals surface area contributed by atoms with Gasteiger partial charge in [-0.25, -0.2) is 13.2 Å². The Morgan fingerprint density at radius 2 is 1.62 bits per heavy atom. The van der Waals surface area contributed by atoms with Gasteiger partial charge in [-0.3, -0.25) is 4.98 Å². The third kappa shape index (κ3) is 6.09. The average Bonchev–Trinajstić information content (AvgIpc) is 2.74. The summed E-state index contributed by atoms with van der Waals surface area (Å²) in [6.45, 7) is 0.0366. The first kappa shape index (κ1) is 23.8. The molecule has 0 bridgehead atoms. The Morgan fingerprint density at radius 1 is 0.969 bits per heavy atom. The van der Waals surface area contributed by atoms with E-state index in [1.54, 1.807) is 54.7 Å². The molecule has 0 fully saturated rings. The number of ether oxygens (including phenoxy) is 1. The van der Waals surface area contributed by atoms with Crippen molar-refractivity contribution >= 4 is 45.1 Å². The summed E-state index contributed by atoms with van der Waals surface area (Å²) in [7, 11) is -3.81. The maximum absolute atomic E-state index is 13.0. The highest BCUT2D eigenvalue weighted by Crippen LogP contribution is 2.32. The molecule has 0 aliphatic rings. The lowest BCUT2D eigenvalue weighted by Gasteiger charge is -2.13. The van der Waals surface area contributed by atoms with Gasteiger partial charge in [0.05, 0.1) is 28.1 Å². The molecule has 0 aliphatic carbocycles. The fourth-order valence-electron chi connectivity index (χ4n) is 3.03. The fourth-order valence-corrected chi connectivity index (χ4v) is 5.70. The predicted molar refractivity (Wildman–Crippen MR) is 123 cm³/mol. The van der Waals surface area contributed by atoms with E-state index in [4.69, 9.17) is 27.9 Å². The van der Waals surface area contributed by atoms with E-state index < -0.39 is 15.8 Å². The maximum atomic E-state index is 13.0. The molecule has 1 N–H and O–H groups in total. The lowest BCUT2D eigenvalue weighted by Crippen LogP contribution is -2.11. The normalized spacial score (nSPS) is 11.9. The van der Waals surface area contributed by atoms with Crippen molar-refractivity contribution in [3.63, 3.8) is 0 Å². The van der Waals surface area contributed by atoms with Crippen molar-refractivity contribution in [1.82, 2.24) is 4.98 Å². The number of hydrogen-bond donors (Lipinski definition) is 1. The van der Waals surface area contributed by atoms with Crippen LogP contribution in [0.5, 0.6) is 0 Å². The molecule has 0 amide bonds. The number of benzene rings is 2. The minimum absolute atomic E-state index is 0.0366. The van der Waals surface area contributed by atoms with Gasteiger partial charge in [0, 0.05) is 18.7 Å². The number of hydrogen-bond acceptors (Lipinski definition) is 5. The molecule has 0 saturated heterocycles. The van der Waals surface area contributed by atoms with E-state index in [1.165, 1.54) is 18.2 Å². The molecule has 0 radical (unpaired) electrons. The van der Waals surface area contributed by atoms with Crippen LogP contribution in [-0.4, -0.2) is 31.1 Å². The number of aromatic nitrogens is 1. The number of sulfone groups is 1. The summed E-state index contributed by atoms with van der Waals surface area (Å²) in [4.78, 5) is 15.4. The lowest BCUT2D eigenvalue weighted by atomic mass is 10.1. The molecule has 0 saturated carbocycles. The minimum Gasteiger partial charge on any atom is -0.486 e. The Morgan fingerprint density at radius 3 is 2.25 bits per heavy atom. The third-order valence-electron chi connectivity index (χ3n) is 4.50. The van der Waals surface area contributed by atoms with Crippen molar-refractivity contribution in [2.24, 2.45) is 0 Å². The smallest absolute Gasteiger partial charge is 0.371 e. The van der Waals surface area contributed by atoms with Crippen LogP contribution in [0.15, 0.2) is 77.5 Å². The van der Waals surface area contributed by atoms with Crippen LogP contribution in [0.2, 0.25) is 10.0 Å². The first-order chi connectivity index (χ1) is 15.3. The molecular formula is C23H19Cl2NO5S. The summed E-state index contributed by atoms with van der Waals surface area (Å²) in [6.07, 6.45) is 3.18. The molecule has 0 unspecified atom stereocenters. The Labute approximate surface area is 196 Å². The van der Waals surface area contributed by atoms with E-state index in [9.17, 15) is 18.3 Å². The van der Waals surface area contributed by atoms with E-state index in [1.807, 2.05) is 0 Å². The van der Waals surface area contributed by atoms with Crippen molar-refractivity contribution in [2.75, 3.05) is 6.61 Å². The first-order valence-electron chi connectivity index (χ1n) is 9.50. The molecule has 2 aromatic carbocycles. The fraction of sp³-hybridized carbons (Fsp3) is 0.130. The van der Waals surface area contributed by atoms with E-state index in [0.29, 0.717) is 23.2 Å². The second kappa shape index (κ2) is 10.6. The Hall–Kier alpha value is -2.87. The van der Waals surface area contributed by atoms with Crippen LogP contribution in [0, 0.1) is 0 Å². The van der Waals surface area contributed by atoms with E-state index in [2.05, 4.69) is 4.98 Å². The molecule has 3 rings (SSSR count). The number of pyridine rings is 1. The molecule has 6 nitrogen and oxygen atoms in total. The molecule has 0 spiro atoms. The number of aliphatic carboxylic acids is 1. The summed E-state index contributed by atoms with van der Waals surface area (Å²) in [5.74, 6) is -1.78. The summed E-state index contributed by atoms with van der Waals surface area (Å²) in [5.41, 5.74) is 1.72. The molecule has 0 atom stereocenters. The highest BCUT2D eigenvalue weighted by atomic mass is 35.5. The van der Waals surface area contributed by atoms with Crippen molar-refractivity contribution in [1.29, 1.82) is 0 Å². The van der Waals surface area contributed by atoms with Gasteiger partial charge in [0.25, 0.3) is 0 Å². The first-order valence-corrected chi connectivity index (χ1v) is 11.9. The van der Waals surface area contributed by atoms with Crippen molar-refractivity contribution < 1.29 is 23.1 Å². The molecule has 0 aliphatic heterocycles. The van der Waals surface area contributed by atoms with Gasteiger partial charge in [-0.1, -0.05) is 59.6 Å². The zero-order valence-corrected chi connectivity index (χ0v) is 19.1. The largest absolute Gasteiger partial charge is 0.486 e. The monoisotopic (exact) mass is 491 g/mol. The molecule has 3 aromatic rings. The molecule has 1 heterocycles. The van der Waals surface area contributed by atoms with Gasteiger partial charge in [-0.2, -0.15) is 0 Å². The second-order valence-corrected chi connectivity index (χ2v) is 9.49. The topological polar surface area (TPSA) is 93.6 Å². The summed E-state index contributed by atoms with van der Waals surface area (Å²) in [5, 5.41) is 9.51. The van der Waals surface area contributed by atoms with Gasteiger partial charge < -0.3 is 9.84 Å². The number of carboxylic acids is 1. The zero-order chi connectivity index (χ0) is 23.1. The Balaban J connectivity index is 1.76. The predicted octanol–water partition coefficient (Wildman–Crippen LogP) is 5.05. The molecular weight excluding hydrogens is 473 g/mol. The van der Waals surface area contributed by atoms with Gasteiger partial charge in [0.15, 0.2) is 9.84 Å². The quantitative estimate of drug-likeness (QED) is 0.332. The molecule has 166 valence electrons. The van der Waals surface area contributed by atoms with Crippen LogP contribution in [0.3, 0.4) is 0 Å². The summed E-state index contributed by atoms with van der Waals surface area (Å²) < 4.78 is 31.4. The van der Waals surface area contributed by atoms with Crippen LogP contribution in [0.1, 0.15) is 16.8 Å². The van der Waals surface area contributed by atoms with Crippen molar-refractivity contribution in [3.05, 3.63) is 99.5 Å². The molecule has 1 aromatic heterocycles. The number of rotatable bonds is 9. The van der Waals surface area contributed by atoms with Gasteiger partial charge in [0.2, 0.25) is 5.76 Å². The van der Waals surface area contributed by atoms with E-state index >= 15 is 0 Å². The van der Waals surface area contributed by atoms with E-state index in [-0.39, 0.29) is 33.1 Å². The van der Waals surface area contributed by atoms with Crippen LogP contribution >= 0.6 is 23.2 Å². The van der Waals surface area contributed by atoms with Gasteiger partial charge in [0.1, 0.15) is 4.90 Å². The lowest BCUT2D eigenvalue weighted by molar-refractivity contribution is -0.136. The van der Waals surface area contributed by atoms with Crippen molar-refractivity contribution in [3.8, 4) is 0 Å². The number of carbonyl (C=O) groups is 1. The SMILES string of the molecule is O=C(O)C(=Cc1ccccn1)OCCc1ccccc1CS(=O)(=O)c1c(Cl)cccc1Cl. The van der Waals surface area contributed by atoms with E-state index in [0.717, 1.165) is 0 Å². The van der Waals surface area contributed by atoms with Gasteiger partial charge in [-0.05, 0) is 35.4 Å². The number of carboxylic acid groups (broad SMARTS) is 1. The molecule has 9 heteroatoms. The average molecular weight is 492 g/mol. The van der Waals surface area contributed by atoms with Crippen LogP contribution in [0.25, 0.3) is 6.08 Å². The maximum Gasteiger partial charge on any atom is 0.371 e. The van der Waals surface area contributed by atoms with Crippen LogP contribution in [0.4, 0.5) is 0 Å². The highest BCUT2D eigenvalue weighted by molar-refractivity contribution is 7.90. The second-order valence-electron chi connectivity index (χ2n) is 6.75. The van der Waals surface area contributed by atoms with Crippen molar-refractivity contribution in [2.45, 2.75) is 17.1 Å². The Bertz CT molecular complexity index is 1220.